The Labute approximate surface area is 127 Å². The molecule has 20 heavy (non-hydrogen) atoms. The first-order chi connectivity index (χ1) is 9.51. The number of ether oxygens (including phenoxy) is 2. The maximum atomic E-state index is 14.0. The van der Waals surface area contributed by atoms with Crippen LogP contribution in [0.2, 0.25) is 0 Å². The van der Waals surface area contributed by atoms with Crippen LogP contribution in [0.1, 0.15) is 12.5 Å². The SMILES string of the molecule is COCCN(Cc1c(F)ccc(Br)c1F)C(C)COC. The molecule has 0 amide bonds. The van der Waals surface area contributed by atoms with Crippen LogP contribution in [-0.2, 0) is 16.0 Å². The van der Waals surface area contributed by atoms with E-state index in [1.165, 1.54) is 12.1 Å². The number of halogens is 3. The third-order valence-corrected chi connectivity index (χ3v) is 3.73. The Hall–Kier alpha value is -0.560. The van der Waals surface area contributed by atoms with E-state index >= 15 is 0 Å². The Bertz CT molecular complexity index is 432. The van der Waals surface area contributed by atoms with Gasteiger partial charge in [-0.05, 0) is 35.0 Å². The van der Waals surface area contributed by atoms with Crippen molar-refractivity contribution in [1.29, 1.82) is 0 Å². The molecule has 0 aliphatic rings. The molecular weight excluding hydrogens is 332 g/mol. The molecule has 0 fully saturated rings. The van der Waals surface area contributed by atoms with Crippen LogP contribution in [0.15, 0.2) is 16.6 Å². The lowest BCUT2D eigenvalue weighted by molar-refractivity contribution is 0.0691. The number of hydrogen-bond acceptors (Lipinski definition) is 3. The van der Waals surface area contributed by atoms with E-state index in [0.29, 0.717) is 19.8 Å². The molecule has 0 aliphatic heterocycles. The molecule has 0 saturated carbocycles. The van der Waals surface area contributed by atoms with Crippen molar-refractivity contribution in [2.45, 2.75) is 19.5 Å². The van der Waals surface area contributed by atoms with E-state index in [1.54, 1.807) is 14.2 Å². The normalized spacial score (nSPS) is 12.9. The monoisotopic (exact) mass is 351 g/mol. The topological polar surface area (TPSA) is 21.7 Å². The molecule has 1 aromatic rings. The van der Waals surface area contributed by atoms with Gasteiger partial charge in [-0.25, -0.2) is 8.78 Å². The first kappa shape index (κ1) is 17.5. The second-order valence-electron chi connectivity index (χ2n) is 4.59. The van der Waals surface area contributed by atoms with Crippen molar-refractivity contribution in [3.05, 3.63) is 33.8 Å². The summed E-state index contributed by atoms with van der Waals surface area (Å²) in [5.41, 5.74) is 0.0541. The quantitative estimate of drug-likeness (QED) is 0.671. The minimum absolute atomic E-state index is 0.0351. The molecule has 0 aliphatic carbocycles. The fourth-order valence-corrected chi connectivity index (χ4v) is 2.30. The molecule has 0 bridgehead atoms. The number of methoxy groups -OCH3 is 2. The van der Waals surface area contributed by atoms with Crippen molar-refractivity contribution < 1.29 is 18.3 Å². The van der Waals surface area contributed by atoms with E-state index in [-0.39, 0.29) is 22.6 Å². The molecule has 6 heteroatoms. The van der Waals surface area contributed by atoms with Gasteiger partial charge in [-0.15, -0.1) is 0 Å². The molecule has 0 aromatic heterocycles. The van der Waals surface area contributed by atoms with Crippen LogP contribution in [0.3, 0.4) is 0 Å². The summed E-state index contributed by atoms with van der Waals surface area (Å²) in [6, 6.07) is 2.66. The summed E-state index contributed by atoms with van der Waals surface area (Å²) in [7, 11) is 3.20. The highest BCUT2D eigenvalue weighted by molar-refractivity contribution is 9.10. The predicted octanol–water partition coefficient (Wildman–Crippen LogP) is 3.21. The molecule has 1 atom stereocenters. The van der Waals surface area contributed by atoms with Gasteiger partial charge in [0.1, 0.15) is 11.6 Å². The van der Waals surface area contributed by atoms with Gasteiger partial charge in [0.05, 0.1) is 17.7 Å². The van der Waals surface area contributed by atoms with Gasteiger partial charge in [0.2, 0.25) is 0 Å². The standard InChI is InChI=1S/C14H20BrF2NO2/c1-10(9-20-3)18(6-7-19-2)8-11-13(16)5-4-12(15)14(11)17/h4-5,10H,6-9H2,1-3H3. The lowest BCUT2D eigenvalue weighted by Gasteiger charge is -2.28. The maximum Gasteiger partial charge on any atom is 0.144 e. The van der Waals surface area contributed by atoms with Crippen molar-refractivity contribution in [2.75, 3.05) is 34.0 Å². The van der Waals surface area contributed by atoms with Crippen LogP contribution in [0.4, 0.5) is 8.78 Å². The zero-order chi connectivity index (χ0) is 15.1. The number of hydrogen-bond donors (Lipinski definition) is 0. The van der Waals surface area contributed by atoms with Crippen molar-refractivity contribution in [3.8, 4) is 0 Å². The molecule has 1 rings (SSSR count). The Morgan fingerprint density at radius 3 is 2.55 bits per heavy atom. The lowest BCUT2D eigenvalue weighted by atomic mass is 10.1. The molecule has 0 spiro atoms. The highest BCUT2D eigenvalue weighted by atomic mass is 79.9. The van der Waals surface area contributed by atoms with Gasteiger partial charge in [0, 0.05) is 38.9 Å². The van der Waals surface area contributed by atoms with E-state index in [2.05, 4.69) is 15.9 Å². The van der Waals surface area contributed by atoms with Crippen molar-refractivity contribution in [1.82, 2.24) is 4.90 Å². The number of nitrogens with zero attached hydrogens (tertiary/aromatic N) is 1. The van der Waals surface area contributed by atoms with Crippen LogP contribution < -0.4 is 0 Å². The van der Waals surface area contributed by atoms with Crippen molar-refractivity contribution in [2.24, 2.45) is 0 Å². The summed E-state index contributed by atoms with van der Waals surface area (Å²) in [6.45, 7) is 3.68. The van der Waals surface area contributed by atoms with E-state index in [4.69, 9.17) is 9.47 Å². The molecule has 1 unspecified atom stereocenters. The molecule has 0 N–H and O–H groups in total. The minimum Gasteiger partial charge on any atom is -0.383 e. The van der Waals surface area contributed by atoms with Gasteiger partial charge >= 0.3 is 0 Å². The van der Waals surface area contributed by atoms with E-state index in [1.807, 2.05) is 11.8 Å². The third kappa shape index (κ3) is 4.77. The van der Waals surface area contributed by atoms with Crippen LogP contribution in [0, 0.1) is 11.6 Å². The second-order valence-corrected chi connectivity index (χ2v) is 5.44. The summed E-state index contributed by atoms with van der Waals surface area (Å²) in [6.07, 6.45) is 0. The smallest absolute Gasteiger partial charge is 0.144 e. The molecule has 0 heterocycles. The van der Waals surface area contributed by atoms with Gasteiger partial charge < -0.3 is 9.47 Å². The second kappa shape index (κ2) is 8.67. The highest BCUT2D eigenvalue weighted by Crippen LogP contribution is 2.23. The summed E-state index contributed by atoms with van der Waals surface area (Å²) in [5, 5.41) is 0. The first-order valence-electron chi connectivity index (χ1n) is 6.35. The van der Waals surface area contributed by atoms with Crippen LogP contribution in [-0.4, -0.2) is 44.9 Å². The summed E-state index contributed by atoms with van der Waals surface area (Å²) < 4.78 is 38.2. The Morgan fingerprint density at radius 1 is 1.25 bits per heavy atom. The van der Waals surface area contributed by atoms with Crippen LogP contribution >= 0.6 is 15.9 Å². The third-order valence-electron chi connectivity index (χ3n) is 3.11. The average molecular weight is 352 g/mol. The summed E-state index contributed by atoms with van der Waals surface area (Å²) in [4.78, 5) is 1.93. The minimum atomic E-state index is -0.558. The molecule has 1 aromatic carbocycles. The predicted molar refractivity (Wildman–Crippen MR) is 77.7 cm³/mol. The Kier molecular flexibility index (Phi) is 7.58. The van der Waals surface area contributed by atoms with Crippen LogP contribution in [0.25, 0.3) is 0 Å². The summed E-state index contributed by atoms with van der Waals surface area (Å²) in [5.74, 6) is -1.10. The van der Waals surface area contributed by atoms with Gasteiger partial charge in [-0.2, -0.15) is 0 Å². The molecular formula is C14H20BrF2NO2. The summed E-state index contributed by atoms with van der Waals surface area (Å²) >= 11 is 3.08. The van der Waals surface area contributed by atoms with E-state index < -0.39 is 11.6 Å². The first-order valence-corrected chi connectivity index (χ1v) is 7.14. The molecule has 0 radical (unpaired) electrons. The molecule has 0 saturated heterocycles. The maximum absolute atomic E-state index is 14.0. The van der Waals surface area contributed by atoms with Crippen LogP contribution in [0.5, 0.6) is 0 Å². The largest absolute Gasteiger partial charge is 0.383 e. The van der Waals surface area contributed by atoms with Crippen molar-refractivity contribution >= 4 is 15.9 Å². The average Bonchev–Trinajstić information content (AvgIpc) is 2.42. The van der Waals surface area contributed by atoms with Gasteiger partial charge in [0.25, 0.3) is 0 Å². The van der Waals surface area contributed by atoms with E-state index in [9.17, 15) is 8.78 Å². The van der Waals surface area contributed by atoms with Gasteiger partial charge in [-0.3, -0.25) is 4.90 Å². The lowest BCUT2D eigenvalue weighted by Crippen LogP contribution is -2.38. The number of benzene rings is 1. The Balaban J connectivity index is 2.91. The molecule has 114 valence electrons. The van der Waals surface area contributed by atoms with E-state index in [0.717, 1.165) is 0 Å². The fraction of sp³-hybridized carbons (Fsp3) is 0.571. The Morgan fingerprint density at radius 2 is 1.95 bits per heavy atom. The van der Waals surface area contributed by atoms with Gasteiger partial charge in [0.15, 0.2) is 0 Å². The molecule has 3 nitrogen and oxygen atoms in total. The van der Waals surface area contributed by atoms with Gasteiger partial charge in [-0.1, -0.05) is 0 Å². The zero-order valence-corrected chi connectivity index (χ0v) is 13.5. The zero-order valence-electron chi connectivity index (χ0n) is 12.0. The number of rotatable bonds is 8. The van der Waals surface area contributed by atoms with Crippen molar-refractivity contribution in [3.63, 3.8) is 0 Å². The fourth-order valence-electron chi connectivity index (χ4n) is 1.93. The highest BCUT2D eigenvalue weighted by Gasteiger charge is 2.19.